The molecule has 2 rings (SSSR count). The Morgan fingerprint density at radius 3 is 3.00 bits per heavy atom. The van der Waals surface area contributed by atoms with Gasteiger partial charge in [-0.05, 0) is 12.1 Å². The molecule has 0 N–H and O–H groups in total. The Morgan fingerprint density at radius 2 is 2.42 bits per heavy atom. The van der Waals surface area contributed by atoms with Crippen molar-refractivity contribution in [2.75, 3.05) is 6.54 Å². The minimum Gasteiger partial charge on any atom is -0.406 e. The van der Waals surface area contributed by atoms with Crippen LogP contribution >= 0.6 is 0 Å². The number of esters is 1. The minimum atomic E-state index is -0.311. The Morgan fingerprint density at radius 1 is 1.50 bits per heavy atom. The molecule has 1 aromatic rings. The molecule has 0 saturated heterocycles. The molecule has 0 unspecified atom stereocenters. The van der Waals surface area contributed by atoms with Crippen LogP contribution in [0.5, 0.6) is 0 Å². The monoisotopic (exact) mass is 162 g/mol. The molecule has 0 aromatic carbocycles. The molecule has 0 amide bonds. The molecular weight excluding hydrogens is 156 g/mol. The van der Waals surface area contributed by atoms with Gasteiger partial charge in [0.05, 0.1) is 5.56 Å². The van der Waals surface area contributed by atoms with Crippen molar-refractivity contribution in [1.82, 2.24) is 4.98 Å². The van der Waals surface area contributed by atoms with Crippen molar-refractivity contribution in [1.29, 1.82) is 0 Å². The number of aromatic nitrogens is 1. The van der Waals surface area contributed by atoms with Gasteiger partial charge in [0.15, 0.2) is 0 Å². The highest BCUT2D eigenvalue weighted by Gasteiger charge is 2.17. The third-order valence-corrected chi connectivity index (χ3v) is 1.47. The molecule has 60 valence electrons. The number of ether oxygens (including phenoxy) is 1. The van der Waals surface area contributed by atoms with E-state index < -0.39 is 0 Å². The van der Waals surface area contributed by atoms with Crippen LogP contribution < -0.4 is 0 Å². The van der Waals surface area contributed by atoms with Crippen molar-refractivity contribution in [2.45, 2.75) is 0 Å². The summed E-state index contributed by atoms with van der Waals surface area (Å²) in [4.78, 5) is 18.4. The Kier molecular flexibility index (Phi) is 1.59. The minimum absolute atomic E-state index is 0.115. The summed E-state index contributed by atoms with van der Waals surface area (Å²) >= 11 is 0. The number of nitrogens with zero attached hydrogens (tertiary/aromatic N) is 2. The standard InChI is InChI=1S/C8H6N2O2/c11-7-5-10-8(12-7)6-2-1-3-9-4-6/h1-4H,5H2. The number of rotatable bonds is 1. The number of hydrogen-bond donors (Lipinski definition) is 0. The predicted octanol–water partition coefficient (Wildman–Crippen LogP) is 0.385. The van der Waals surface area contributed by atoms with Gasteiger partial charge in [-0.1, -0.05) is 0 Å². The molecule has 1 aromatic heterocycles. The van der Waals surface area contributed by atoms with Gasteiger partial charge in [-0.2, -0.15) is 0 Å². The fraction of sp³-hybridized carbons (Fsp3) is 0.125. The van der Waals surface area contributed by atoms with Crippen LogP contribution in [-0.4, -0.2) is 23.4 Å². The van der Waals surface area contributed by atoms with Gasteiger partial charge in [0, 0.05) is 12.4 Å². The van der Waals surface area contributed by atoms with Gasteiger partial charge in [-0.15, -0.1) is 0 Å². The van der Waals surface area contributed by atoms with Crippen LogP contribution in [0.15, 0.2) is 29.5 Å². The molecule has 0 atom stereocenters. The molecule has 0 aliphatic carbocycles. The maximum Gasteiger partial charge on any atom is 0.334 e. The summed E-state index contributed by atoms with van der Waals surface area (Å²) in [5.41, 5.74) is 0.739. The fourth-order valence-electron chi connectivity index (χ4n) is 0.948. The van der Waals surface area contributed by atoms with Gasteiger partial charge in [-0.3, -0.25) is 4.98 Å². The van der Waals surface area contributed by atoms with Gasteiger partial charge in [0.25, 0.3) is 0 Å². The van der Waals surface area contributed by atoms with Crippen molar-refractivity contribution < 1.29 is 9.53 Å². The van der Waals surface area contributed by atoms with Crippen LogP contribution in [0.1, 0.15) is 5.56 Å². The second-order valence-corrected chi connectivity index (χ2v) is 2.34. The molecule has 4 nitrogen and oxygen atoms in total. The fourth-order valence-corrected chi connectivity index (χ4v) is 0.948. The lowest BCUT2D eigenvalue weighted by molar-refractivity contribution is -0.132. The molecule has 2 heterocycles. The molecule has 0 fully saturated rings. The molecule has 4 heteroatoms. The van der Waals surface area contributed by atoms with E-state index in [1.807, 2.05) is 0 Å². The zero-order valence-corrected chi connectivity index (χ0v) is 6.23. The topological polar surface area (TPSA) is 51.5 Å². The van der Waals surface area contributed by atoms with Crippen LogP contribution in [0.2, 0.25) is 0 Å². The van der Waals surface area contributed by atoms with Gasteiger partial charge in [-0.25, -0.2) is 9.79 Å². The summed E-state index contributed by atoms with van der Waals surface area (Å²) in [6.07, 6.45) is 3.26. The predicted molar refractivity (Wildman–Crippen MR) is 41.7 cm³/mol. The van der Waals surface area contributed by atoms with E-state index in [0.29, 0.717) is 5.90 Å². The maximum atomic E-state index is 10.7. The van der Waals surface area contributed by atoms with Gasteiger partial charge < -0.3 is 4.74 Å². The summed E-state index contributed by atoms with van der Waals surface area (Å²) < 4.78 is 4.82. The Labute approximate surface area is 68.9 Å². The number of pyridine rings is 1. The zero-order chi connectivity index (χ0) is 8.39. The summed E-state index contributed by atoms with van der Waals surface area (Å²) in [5.74, 6) is 0.0574. The van der Waals surface area contributed by atoms with Gasteiger partial charge in [0.1, 0.15) is 6.54 Å². The van der Waals surface area contributed by atoms with Crippen molar-refractivity contribution in [3.63, 3.8) is 0 Å². The van der Waals surface area contributed by atoms with Gasteiger partial charge in [0.2, 0.25) is 5.90 Å². The van der Waals surface area contributed by atoms with E-state index in [4.69, 9.17) is 4.74 Å². The molecule has 12 heavy (non-hydrogen) atoms. The molecule has 1 aliphatic rings. The average molecular weight is 162 g/mol. The second kappa shape index (κ2) is 2.73. The lowest BCUT2D eigenvalue weighted by atomic mass is 10.3. The lowest BCUT2D eigenvalue weighted by Gasteiger charge is -1.96. The smallest absolute Gasteiger partial charge is 0.334 e. The number of carbonyl (C=O) groups is 1. The Bertz CT molecular complexity index is 332. The largest absolute Gasteiger partial charge is 0.406 e. The molecule has 1 aliphatic heterocycles. The van der Waals surface area contributed by atoms with E-state index in [2.05, 4.69) is 9.98 Å². The van der Waals surface area contributed by atoms with E-state index in [1.165, 1.54) is 0 Å². The van der Waals surface area contributed by atoms with Crippen LogP contribution in [0, 0.1) is 0 Å². The SMILES string of the molecule is O=C1CN=C(c2cccnc2)O1. The Hall–Kier alpha value is -1.71. The molecule has 0 radical (unpaired) electrons. The number of cyclic esters (lactones) is 1. The third kappa shape index (κ3) is 1.18. The van der Waals surface area contributed by atoms with E-state index in [1.54, 1.807) is 24.5 Å². The first kappa shape index (κ1) is 6.97. The molecule has 0 spiro atoms. The molecular formula is C8H6N2O2. The average Bonchev–Trinajstić information content (AvgIpc) is 2.54. The normalized spacial score (nSPS) is 15.7. The highest BCUT2D eigenvalue weighted by Crippen LogP contribution is 2.05. The summed E-state index contributed by atoms with van der Waals surface area (Å²) in [6, 6.07) is 3.56. The third-order valence-electron chi connectivity index (χ3n) is 1.47. The first-order valence-corrected chi connectivity index (χ1v) is 3.52. The summed E-state index contributed by atoms with van der Waals surface area (Å²) in [7, 11) is 0. The first-order chi connectivity index (χ1) is 5.86. The number of hydrogen-bond acceptors (Lipinski definition) is 4. The van der Waals surface area contributed by atoms with E-state index in [0.717, 1.165) is 5.56 Å². The Balaban J connectivity index is 2.28. The van der Waals surface area contributed by atoms with E-state index in [9.17, 15) is 4.79 Å². The molecule has 0 bridgehead atoms. The summed E-state index contributed by atoms with van der Waals surface area (Å²) in [5, 5.41) is 0. The number of carbonyl (C=O) groups excluding carboxylic acids is 1. The zero-order valence-electron chi connectivity index (χ0n) is 6.23. The van der Waals surface area contributed by atoms with Crippen molar-refractivity contribution in [3.8, 4) is 0 Å². The highest BCUT2D eigenvalue weighted by molar-refractivity contribution is 6.04. The van der Waals surface area contributed by atoms with Crippen LogP contribution in [-0.2, 0) is 9.53 Å². The number of aliphatic imine (C=N–C) groups is 1. The quantitative estimate of drug-likeness (QED) is 0.561. The van der Waals surface area contributed by atoms with E-state index in [-0.39, 0.29) is 12.5 Å². The van der Waals surface area contributed by atoms with E-state index >= 15 is 0 Å². The second-order valence-electron chi connectivity index (χ2n) is 2.34. The van der Waals surface area contributed by atoms with Crippen molar-refractivity contribution in [3.05, 3.63) is 30.1 Å². The summed E-state index contributed by atoms with van der Waals surface area (Å²) in [6.45, 7) is 0.115. The molecule has 0 saturated carbocycles. The maximum absolute atomic E-state index is 10.7. The van der Waals surface area contributed by atoms with Crippen LogP contribution in [0.25, 0.3) is 0 Å². The van der Waals surface area contributed by atoms with Crippen molar-refractivity contribution in [2.24, 2.45) is 4.99 Å². The van der Waals surface area contributed by atoms with Crippen molar-refractivity contribution >= 4 is 11.9 Å². The highest BCUT2D eigenvalue weighted by atomic mass is 16.6. The van der Waals surface area contributed by atoms with Gasteiger partial charge >= 0.3 is 5.97 Å². The van der Waals surface area contributed by atoms with Crippen LogP contribution in [0.4, 0.5) is 0 Å². The lowest BCUT2D eigenvalue weighted by Crippen LogP contribution is -2.05. The first-order valence-electron chi connectivity index (χ1n) is 3.52. The van der Waals surface area contributed by atoms with Crippen LogP contribution in [0.3, 0.4) is 0 Å².